The number of anilines is 2. The van der Waals surface area contributed by atoms with Gasteiger partial charge in [0.1, 0.15) is 0 Å². The molecule has 0 aliphatic carbocycles. The standard InChI is InChI=1S/C17H18N2O2S/c1-13-6-5-9-15(10-13)19-17(21)12-22-11-16(20)18-14-7-3-2-4-8-14/h2-10H,11-12H2,1H3,(H,18,20)(H,19,21). The van der Waals surface area contributed by atoms with Gasteiger partial charge in [-0.15, -0.1) is 11.8 Å². The lowest BCUT2D eigenvalue weighted by Gasteiger charge is -2.06. The van der Waals surface area contributed by atoms with Crippen LogP contribution < -0.4 is 10.6 Å². The van der Waals surface area contributed by atoms with Crippen molar-refractivity contribution in [3.63, 3.8) is 0 Å². The number of benzene rings is 2. The van der Waals surface area contributed by atoms with E-state index in [9.17, 15) is 9.59 Å². The van der Waals surface area contributed by atoms with Crippen molar-refractivity contribution in [2.24, 2.45) is 0 Å². The third-order valence-electron chi connectivity index (χ3n) is 2.83. The zero-order chi connectivity index (χ0) is 15.8. The summed E-state index contributed by atoms with van der Waals surface area (Å²) in [5, 5.41) is 5.60. The largest absolute Gasteiger partial charge is 0.325 e. The van der Waals surface area contributed by atoms with Crippen LogP contribution >= 0.6 is 11.8 Å². The van der Waals surface area contributed by atoms with E-state index in [0.29, 0.717) is 0 Å². The van der Waals surface area contributed by atoms with E-state index in [1.54, 1.807) is 0 Å². The molecule has 2 aromatic carbocycles. The van der Waals surface area contributed by atoms with Crippen molar-refractivity contribution in [3.05, 3.63) is 60.2 Å². The Bertz CT molecular complexity index is 644. The number of nitrogens with one attached hydrogen (secondary N) is 2. The maximum absolute atomic E-state index is 11.8. The molecule has 0 aromatic heterocycles. The van der Waals surface area contributed by atoms with Crippen molar-refractivity contribution >= 4 is 35.0 Å². The number of amides is 2. The summed E-state index contributed by atoms with van der Waals surface area (Å²) in [4.78, 5) is 23.5. The van der Waals surface area contributed by atoms with Crippen molar-refractivity contribution < 1.29 is 9.59 Å². The van der Waals surface area contributed by atoms with Crippen LogP contribution in [0, 0.1) is 6.92 Å². The SMILES string of the molecule is Cc1cccc(NC(=O)CSCC(=O)Nc2ccccc2)c1. The monoisotopic (exact) mass is 314 g/mol. The second kappa shape index (κ2) is 8.24. The van der Waals surface area contributed by atoms with Crippen LogP contribution in [0.3, 0.4) is 0 Å². The van der Waals surface area contributed by atoms with Gasteiger partial charge in [-0.1, -0.05) is 30.3 Å². The third-order valence-corrected chi connectivity index (χ3v) is 3.76. The number of hydrogen-bond donors (Lipinski definition) is 2. The highest BCUT2D eigenvalue weighted by Crippen LogP contribution is 2.11. The van der Waals surface area contributed by atoms with Crippen LogP contribution in [-0.4, -0.2) is 23.3 Å². The van der Waals surface area contributed by atoms with Crippen LogP contribution in [0.2, 0.25) is 0 Å². The maximum atomic E-state index is 11.8. The molecule has 4 nitrogen and oxygen atoms in total. The molecular formula is C17H18N2O2S. The lowest BCUT2D eigenvalue weighted by Crippen LogP contribution is -2.18. The molecule has 2 aromatic rings. The van der Waals surface area contributed by atoms with Crippen LogP contribution in [0.4, 0.5) is 11.4 Å². The molecular weight excluding hydrogens is 296 g/mol. The van der Waals surface area contributed by atoms with E-state index in [0.717, 1.165) is 16.9 Å². The first-order valence-corrected chi connectivity index (χ1v) is 8.08. The molecule has 0 aliphatic rings. The minimum atomic E-state index is -0.112. The summed E-state index contributed by atoms with van der Waals surface area (Å²) in [6, 6.07) is 16.9. The highest BCUT2D eigenvalue weighted by Gasteiger charge is 2.06. The summed E-state index contributed by atoms with van der Waals surface area (Å²) < 4.78 is 0. The van der Waals surface area contributed by atoms with E-state index < -0.39 is 0 Å². The number of aryl methyl sites for hydroxylation is 1. The van der Waals surface area contributed by atoms with Gasteiger partial charge in [-0.25, -0.2) is 0 Å². The highest BCUT2D eigenvalue weighted by atomic mass is 32.2. The van der Waals surface area contributed by atoms with Gasteiger partial charge in [0.2, 0.25) is 11.8 Å². The van der Waals surface area contributed by atoms with Gasteiger partial charge in [-0.2, -0.15) is 0 Å². The Kier molecular flexibility index (Phi) is 6.03. The number of hydrogen-bond acceptors (Lipinski definition) is 3. The maximum Gasteiger partial charge on any atom is 0.234 e. The molecule has 0 atom stereocenters. The Labute approximate surface area is 134 Å². The molecule has 0 aliphatic heterocycles. The van der Waals surface area contributed by atoms with Crippen LogP contribution in [0.25, 0.3) is 0 Å². The van der Waals surface area contributed by atoms with Crippen molar-refractivity contribution in [2.45, 2.75) is 6.92 Å². The second-order valence-electron chi connectivity index (χ2n) is 4.82. The van der Waals surface area contributed by atoms with E-state index in [4.69, 9.17) is 0 Å². The van der Waals surface area contributed by atoms with Crippen LogP contribution in [0.5, 0.6) is 0 Å². The first-order valence-electron chi connectivity index (χ1n) is 6.92. The third kappa shape index (κ3) is 5.61. The summed E-state index contributed by atoms with van der Waals surface area (Å²) in [6.07, 6.45) is 0. The molecule has 0 spiro atoms. The fraction of sp³-hybridized carbons (Fsp3) is 0.176. The van der Waals surface area contributed by atoms with Gasteiger partial charge in [0, 0.05) is 11.4 Å². The average molecular weight is 314 g/mol. The van der Waals surface area contributed by atoms with Gasteiger partial charge in [-0.05, 0) is 36.8 Å². The number of para-hydroxylation sites is 1. The average Bonchev–Trinajstić information content (AvgIpc) is 2.48. The zero-order valence-electron chi connectivity index (χ0n) is 12.3. The highest BCUT2D eigenvalue weighted by molar-refractivity contribution is 8.00. The number of thioether (sulfide) groups is 1. The van der Waals surface area contributed by atoms with Crippen molar-refractivity contribution in [3.8, 4) is 0 Å². The minimum absolute atomic E-state index is 0.108. The summed E-state index contributed by atoms with van der Waals surface area (Å²) >= 11 is 1.29. The van der Waals surface area contributed by atoms with Gasteiger partial charge in [0.15, 0.2) is 0 Å². The molecule has 0 saturated carbocycles. The molecule has 0 fully saturated rings. The van der Waals surface area contributed by atoms with Crippen molar-refractivity contribution in [2.75, 3.05) is 22.1 Å². The Morgan fingerprint density at radius 1 is 0.864 bits per heavy atom. The Hall–Kier alpha value is -2.27. The number of carbonyl (C=O) groups is 2. The Morgan fingerprint density at radius 2 is 1.45 bits per heavy atom. The summed E-state index contributed by atoms with van der Waals surface area (Å²) in [6.45, 7) is 1.97. The summed E-state index contributed by atoms with van der Waals surface area (Å²) in [7, 11) is 0. The predicted octanol–water partition coefficient (Wildman–Crippen LogP) is 3.31. The molecule has 5 heteroatoms. The molecule has 114 valence electrons. The lowest BCUT2D eigenvalue weighted by atomic mass is 10.2. The first kappa shape index (κ1) is 16.1. The molecule has 22 heavy (non-hydrogen) atoms. The molecule has 0 bridgehead atoms. The van der Waals surface area contributed by atoms with Gasteiger partial charge in [0.25, 0.3) is 0 Å². The minimum Gasteiger partial charge on any atom is -0.325 e. The van der Waals surface area contributed by atoms with E-state index in [2.05, 4.69) is 10.6 Å². The Morgan fingerprint density at radius 3 is 2.09 bits per heavy atom. The molecule has 0 radical (unpaired) electrons. The predicted molar refractivity (Wildman–Crippen MR) is 92.2 cm³/mol. The lowest BCUT2D eigenvalue weighted by molar-refractivity contribution is -0.114. The second-order valence-corrected chi connectivity index (χ2v) is 5.81. The van der Waals surface area contributed by atoms with Crippen molar-refractivity contribution in [1.82, 2.24) is 0 Å². The molecule has 0 unspecified atom stereocenters. The van der Waals surface area contributed by atoms with Gasteiger partial charge >= 0.3 is 0 Å². The molecule has 0 saturated heterocycles. The summed E-state index contributed by atoms with van der Waals surface area (Å²) in [5.41, 5.74) is 2.63. The summed E-state index contributed by atoms with van der Waals surface area (Å²) in [5.74, 6) is 0.273. The molecule has 2 rings (SSSR count). The van der Waals surface area contributed by atoms with E-state index >= 15 is 0 Å². The molecule has 2 N–H and O–H groups in total. The topological polar surface area (TPSA) is 58.2 Å². The van der Waals surface area contributed by atoms with E-state index in [-0.39, 0.29) is 23.3 Å². The van der Waals surface area contributed by atoms with Crippen LogP contribution in [0.15, 0.2) is 54.6 Å². The molecule has 0 heterocycles. The van der Waals surface area contributed by atoms with Crippen LogP contribution in [-0.2, 0) is 9.59 Å². The first-order chi connectivity index (χ1) is 10.6. The quantitative estimate of drug-likeness (QED) is 0.860. The smallest absolute Gasteiger partial charge is 0.234 e. The normalized spacial score (nSPS) is 10.0. The number of rotatable bonds is 6. The number of carbonyl (C=O) groups excluding carboxylic acids is 2. The zero-order valence-corrected chi connectivity index (χ0v) is 13.2. The van der Waals surface area contributed by atoms with Crippen molar-refractivity contribution in [1.29, 1.82) is 0 Å². The molecule has 2 amide bonds. The van der Waals surface area contributed by atoms with Gasteiger partial charge in [0.05, 0.1) is 11.5 Å². The van der Waals surface area contributed by atoms with Crippen LogP contribution in [0.1, 0.15) is 5.56 Å². The van der Waals surface area contributed by atoms with Gasteiger partial charge < -0.3 is 10.6 Å². The van der Waals surface area contributed by atoms with E-state index in [1.165, 1.54) is 11.8 Å². The van der Waals surface area contributed by atoms with Gasteiger partial charge in [-0.3, -0.25) is 9.59 Å². The Balaban J connectivity index is 1.69. The van der Waals surface area contributed by atoms with E-state index in [1.807, 2.05) is 61.5 Å². The fourth-order valence-corrected chi connectivity index (χ4v) is 2.49. The fourth-order valence-electron chi connectivity index (χ4n) is 1.87.